The number of likely N-dealkylation sites (tertiary alicyclic amines) is 1. The van der Waals surface area contributed by atoms with Crippen molar-refractivity contribution in [2.75, 3.05) is 33.9 Å². The van der Waals surface area contributed by atoms with Crippen molar-refractivity contribution in [3.05, 3.63) is 63.6 Å². The molecule has 194 valence electrons. The van der Waals surface area contributed by atoms with Crippen molar-refractivity contribution in [2.24, 2.45) is 11.8 Å². The first-order valence-corrected chi connectivity index (χ1v) is 13.8. The lowest BCUT2D eigenvalue weighted by molar-refractivity contribution is -0.123. The van der Waals surface area contributed by atoms with Gasteiger partial charge in [-0.2, -0.15) is 0 Å². The van der Waals surface area contributed by atoms with Gasteiger partial charge in [0, 0.05) is 37.6 Å². The number of rotatable bonds is 8. The summed E-state index contributed by atoms with van der Waals surface area (Å²) in [5, 5.41) is 4.30. The number of methoxy groups -OCH3 is 2. The lowest BCUT2D eigenvalue weighted by atomic mass is 9.57. The maximum absolute atomic E-state index is 13.1. The number of carbonyl (C=O) groups is 1. The van der Waals surface area contributed by atoms with Gasteiger partial charge in [-0.3, -0.25) is 4.79 Å². The van der Waals surface area contributed by atoms with Gasteiger partial charge in [0.1, 0.15) is 5.75 Å². The molecule has 4 atom stereocenters. The van der Waals surface area contributed by atoms with Crippen LogP contribution in [0.4, 0.5) is 0 Å². The van der Waals surface area contributed by atoms with Crippen molar-refractivity contribution in [2.45, 2.75) is 56.1 Å². The van der Waals surface area contributed by atoms with Gasteiger partial charge in [0.15, 0.2) is 0 Å². The number of benzene rings is 2. The Hall–Kier alpha value is -1.79. The number of nitrogens with zero attached hydrogens (tertiary/aromatic N) is 1. The van der Waals surface area contributed by atoms with Crippen molar-refractivity contribution < 1.29 is 14.3 Å². The fraction of sp³-hybridized carbons (Fsp3) is 0.552. The quantitative estimate of drug-likeness (QED) is 0.488. The second-order valence-corrected chi connectivity index (χ2v) is 11.7. The molecule has 2 aromatic carbocycles. The van der Waals surface area contributed by atoms with Crippen LogP contribution in [0.15, 0.2) is 42.5 Å². The minimum Gasteiger partial charge on any atom is -0.497 e. The molecular weight excluding hydrogens is 495 g/mol. The van der Waals surface area contributed by atoms with Crippen LogP contribution in [0.5, 0.6) is 5.75 Å². The van der Waals surface area contributed by atoms with Crippen LogP contribution >= 0.6 is 23.2 Å². The lowest BCUT2D eigenvalue weighted by Gasteiger charge is -2.55. The molecule has 5 nitrogen and oxygen atoms in total. The van der Waals surface area contributed by atoms with Gasteiger partial charge >= 0.3 is 0 Å². The second-order valence-electron chi connectivity index (χ2n) is 10.9. The molecule has 1 N–H and O–H groups in total. The van der Waals surface area contributed by atoms with E-state index in [0.29, 0.717) is 16.0 Å². The standard InChI is InChI=1S/C29H36Cl2N2O3/c1-35-23-5-3-4-21(14-23)29-10-11-33(17-19-6-7-19)18-24(29)27(36-2)15-22(16-29)32-28(34)13-20-8-9-25(30)26(31)12-20/h3-5,8-9,12,14,19,22,24,27H,6-7,10-11,13,15-18H2,1-2H3,(H,32,34)/t22-,24?,27?,29?/m0/s1. The molecule has 3 unspecified atom stereocenters. The number of hydrogen-bond donors (Lipinski definition) is 1. The van der Waals surface area contributed by atoms with E-state index in [-0.39, 0.29) is 29.9 Å². The van der Waals surface area contributed by atoms with E-state index in [4.69, 9.17) is 32.7 Å². The summed E-state index contributed by atoms with van der Waals surface area (Å²) in [5.41, 5.74) is 2.08. The number of fused-ring (bicyclic) bond motifs is 1. The van der Waals surface area contributed by atoms with E-state index in [1.807, 2.05) is 19.2 Å². The molecule has 5 rings (SSSR count). The molecule has 1 saturated heterocycles. The summed E-state index contributed by atoms with van der Waals surface area (Å²) in [7, 11) is 3.54. The third-order valence-corrected chi connectivity index (χ3v) is 9.23. The Balaban J connectivity index is 1.38. The van der Waals surface area contributed by atoms with Gasteiger partial charge in [0.05, 0.1) is 29.7 Å². The maximum atomic E-state index is 13.1. The Labute approximate surface area is 224 Å². The van der Waals surface area contributed by atoms with Crippen LogP contribution < -0.4 is 10.1 Å². The number of hydrogen-bond acceptors (Lipinski definition) is 4. The molecule has 36 heavy (non-hydrogen) atoms. The van der Waals surface area contributed by atoms with E-state index in [1.54, 1.807) is 19.2 Å². The number of amides is 1. The van der Waals surface area contributed by atoms with Gasteiger partial charge in [-0.05, 0) is 80.0 Å². The van der Waals surface area contributed by atoms with Gasteiger partial charge in [0.25, 0.3) is 0 Å². The molecule has 1 aliphatic heterocycles. The normalized spacial score (nSPS) is 28.4. The SMILES string of the molecule is COc1cccc(C23CCN(CC4CC4)CC2C(OC)C[C@H](NC(=O)Cc2ccc(Cl)c(Cl)c2)C3)c1. The zero-order valence-corrected chi connectivity index (χ0v) is 22.7. The number of piperidine rings is 1. The topological polar surface area (TPSA) is 50.8 Å². The molecule has 2 aliphatic carbocycles. The summed E-state index contributed by atoms with van der Waals surface area (Å²) in [6, 6.07) is 13.9. The zero-order chi connectivity index (χ0) is 25.3. The highest BCUT2D eigenvalue weighted by atomic mass is 35.5. The van der Waals surface area contributed by atoms with Gasteiger partial charge in [-0.15, -0.1) is 0 Å². The number of carbonyl (C=O) groups excluding carboxylic acids is 1. The summed E-state index contributed by atoms with van der Waals surface area (Å²) in [6.07, 6.45) is 5.84. The first-order chi connectivity index (χ1) is 17.4. The largest absolute Gasteiger partial charge is 0.497 e. The predicted molar refractivity (Wildman–Crippen MR) is 144 cm³/mol. The van der Waals surface area contributed by atoms with Crippen molar-refractivity contribution in [1.82, 2.24) is 10.2 Å². The molecule has 3 aliphatic rings. The summed E-state index contributed by atoms with van der Waals surface area (Å²) in [6.45, 7) is 3.31. The fourth-order valence-corrected chi connectivity index (χ4v) is 6.83. The zero-order valence-electron chi connectivity index (χ0n) is 21.1. The van der Waals surface area contributed by atoms with Crippen molar-refractivity contribution in [1.29, 1.82) is 0 Å². The molecule has 3 fully saturated rings. The molecule has 0 spiro atoms. The average Bonchev–Trinajstić information content (AvgIpc) is 3.70. The van der Waals surface area contributed by atoms with Crippen molar-refractivity contribution in [3.63, 3.8) is 0 Å². The van der Waals surface area contributed by atoms with E-state index < -0.39 is 0 Å². The molecule has 7 heteroatoms. The van der Waals surface area contributed by atoms with Gasteiger partial charge in [0.2, 0.25) is 5.91 Å². The van der Waals surface area contributed by atoms with Crippen LogP contribution in [0.2, 0.25) is 10.0 Å². The number of ether oxygens (including phenoxy) is 2. The van der Waals surface area contributed by atoms with E-state index in [0.717, 1.165) is 49.6 Å². The summed E-state index contributed by atoms with van der Waals surface area (Å²) < 4.78 is 11.8. The molecule has 1 amide bonds. The van der Waals surface area contributed by atoms with Gasteiger partial charge in [-0.25, -0.2) is 0 Å². The first-order valence-electron chi connectivity index (χ1n) is 13.0. The van der Waals surface area contributed by atoms with Crippen LogP contribution in [0, 0.1) is 11.8 Å². The average molecular weight is 532 g/mol. The van der Waals surface area contributed by atoms with E-state index in [9.17, 15) is 4.79 Å². The second kappa shape index (κ2) is 10.9. The molecule has 0 radical (unpaired) electrons. The smallest absolute Gasteiger partial charge is 0.224 e. The Kier molecular flexibility index (Phi) is 7.83. The third kappa shape index (κ3) is 5.55. The van der Waals surface area contributed by atoms with Gasteiger partial charge < -0.3 is 19.7 Å². The Morgan fingerprint density at radius 1 is 1.14 bits per heavy atom. The highest BCUT2D eigenvalue weighted by molar-refractivity contribution is 6.42. The molecule has 2 saturated carbocycles. The van der Waals surface area contributed by atoms with Crippen molar-refractivity contribution in [3.8, 4) is 5.75 Å². The van der Waals surface area contributed by atoms with Crippen LogP contribution in [-0.4, -0.2) is 56.8 Å². The Bertz CT molecular complexity index is 1090. The molecule has 1 heterocycles. The van der Waals surface area contributed by atoms with Crippen LogP contribution in [-0.2, 0) is 21.4 Å². The number of halogens is 2. The van der Waals surface area contributed by atoms with E-state index >= 15 is 0 Å². The summed E-state index contributed by atoms with van der Waals surface area (Å²) in [5.74, 6) is 2.11. The Morgan fingerprint density at radius 2 is 1.97 bits per heavy atom. The monoisotopic (exact) mass is 530 g/mol. The first kappa shape index (κ1) is 25.8. The minimum atomic E-state index is -0.0744. The van der Waals surface area contributed by atoms with Crippen molar-refractivity contribution >= 4 is 29.1 Å². The molecule has 2 aromatic rings. The summed E-state index contributed by atoms with van der Waals surface area (Å²) in [4.78, 5) is 15.7. The van der Waals surface area contributed by atoms with Gasteiger partial charge in [-0.1, -0.05) is 41.4 Å². The van der Waals surface area contributed by atoms with Crippen LogP contribution in [0.25, 0.3) is 0 Å². The van der Waals surface area contributed by atoms with Crippen LogP contribution in [0.1, 0.15) is 43.2 Å². The van der Waals surface area contributed by atoms with E-state index in [1.165, 1.54) is 24.9 Å². The molecular formula is C29H36Cl2N2O3. The predicted octanol–water partition coefficient (Wildman–Crippen LogP) is 5.51. The van der Waals surface area contributed by atoms with E-state index in [2.05, 4.69) is 28.4 Å². The third-order valence-electron chi connectivity index (χ3n) is 8.49. The van der Waals surface area contributed by atoms with Crippen LogP contribution in [0.3, 0.4) is 0 Å². The molecule has 0 aromatic heterocycles. The number of nitrogens with one attached hydrogen (secondary N) is 1. The fourth-order valence-electron chi connectivity index (χ4n) is 6.51. The summed E-state index contributed by atoms with van der Waals surface area (Å²) >= 11 is 12.2. The maximum Gasteiger partial charge on any atom is 0.224 e. The molecule has 0 bridgehead atoms. The Morgan fingerprint density at radius 3 is 2.69 bits per heavy atom. The minimum absolute atomic E-state index is 0.00125. The lowest BCUT2D eigenvalue weighted by Crippen LogP contribution is -2.61. The highest BCUT2D eigenvalue weighted by Crippen LogP contribution is 2.51. The highest BCUT2D eigenvalue weighted by Gasteiger charge is 2.53.